The molecule has 0 bridgehead atoms. The van der Waals surface area contributed by atoms with Gasteiger partial charge in [0.15, 0.2) is 0 Å². The molecule has 5 heteroatoms. The second-order valence-electron chi connectivity index (χ2n) is 2.58. The number of nitrogens with one attached hydrogen (secondary N) is 1. The van der Waals surface area contributed by atoms with E-state index in [2.05, 4.69) is 5.32 Å². The van der Waals surface area contributed by atoms with Crippen LogP contribution in [0.5, 0.6) is 0 Å². The van der Waals surface area contributed by atoms with Gasteiger partial charge < -0.3 is 16.2 Å². The van der Waals surface area contributed by atoms with Crippen LogP contribution in [0.25, 0.3) is 0 Å². The molecular weight excluding hydrogens is 160 g/mol. The minimum Gasteiger partial charge on any atom is -0.480 e. The summed E-state index contributed by atoms with van der Waals surface area (Å²) in [7, 11) is 0. The zero-order chi connectivity index (χ0) is 9.72. The number of nitrogens with two attached hydrogens (primary N) is 1. The minimum atomic E-state index is -1.06. The van der Waals surface area contributed by atoms with E-state index in [9.17, 15) is 9.59 Å². The zero-order valence-corrected chi connectivity index (χ0v) is 7.20. The standard InChI is InChI=1S/C7H14N2O3/c1-3-5(8)6(10)9-4(2)7(11)12/h4-5H,3,8H2,1-2H3,(H,9,10)(H,11,12)/t4?,5-/m0/s1. The number of carbonyl (C=O) groups excluding carboxylic acids is 1. The largest absolute Gasteiger partial charge is 0.480 e. The highest BCUT2D eigenvalue weighted by Crippen LogP contribution is 1.88. The summed E-state index contributed by atoms with van der Waals surface area (Å²) in [5, 5.41) is 10.7. The lowest BCUT2D eigenvalue weighted by Gasteiger charge is -2.12. The topological polar surface area (TPSA) is 92.4 Å². The molecule has 0 aromatic heterocycles. The maximum Gasteiger partial charge on any atom is 0.325 e. The molecule has 0 aliphatic rings. The van der Waals surface area contributed by atoms with Crippen molar-refractivity contribution in [1.29, 1.82) is 0 Å². The summed E-state index contributed by atoms with van der Waals surface area (Å²) in [4.78, 5) is 21.3. The van der Waals surface area contributed by atoms with Gasteiger partial charge in [-0.1, -0.05) is 6.92 Å². The number of amides is 1. The van der Waals surface area contributed by atoms with Gasteiger partial charge in [-0.05, 0) is 13.3 Å². The van der Waals surface area contributed by atoms with Crippen LogP contribution in [0.1, 0.15) is 20.3 Å². The van der Waals surface area contributed by atoms with E-state index in [-0.39, 0.29) is 0 Å². The van der Waals surface area contributed by atoms with Crippen molar-refractivity contribution in [2.75, 3.05) is 0 Å². The van der Waals surface area contributed by atoms with E-state index in [0.29, 0.717) is 6.42 Å². The van der Waals surface area contributed by atoms with Crippen molar-refractivity contribution >= 4 is 11.9 Å². The molecule has 0 aliphatic carbocycles. The Labute approximate surface area is 70.9 Å². The molecular formula is C7H14N2O3. The van der Waals surface area contributed by atoms with Crippen LogP contribution in [0.2, 0.25) is 0 Å². The molecule has 0 fully saturated rings. The molecule has 0 aromatic rings. The zero-order valence-electron chi connectivity index (χ0n) is 7.20. The molecule has 1 unspecified atom stereocenters. The van der Waals surface area contributed by atoms with Crippen LogP contribution >= 0.6 is 0 Å². The van der Waals surface area contributed by atoms with Gasteiger partial charge in [-0.15, -0.1) is 0 Å². The Morgan fingerprint density at radius 3 is 2.42 bits per heavy atom. The molecule has 0 saturated carbocycles. The summed E-state index contributed by atoms with van der Waals surface area (Å²) in [5.74, 6) is -1.49. The molecule has 0 rings (SSSR count). The highest BCUT2D eigenvalue weighted by molar-refractivity contribution is 5.86. The van der Waals surface area contributed by atoms with E-state index in [4.69, 9.17) is 10.8 Å². The highest BCUT2D eigenvalue weighted by atomic mass is 16.4. The van der Waals surface area contributed by atoms with Gasteiger partial charge in [0.05, 0.1) is 6.04 Å². The second kappa shape index (κ2) is 4.71. The van der Waals surface area contributed by atoms with Crippen molar-refractivity contribution in [2.45, 2.75) is 32.4 Å². The van der Waals surface area contributed by atoms with E-state index >= 15 is 0 Å². The highest BCUT2D eigenvalue weighted by Gasteiger charge is 2.17. The normalized spacial score (nSPS) is 14.9. The molecule has 2 atom stereocenters. The van der Waals surface area contributed by atoms with Crippen molar-refractivity contribution in [2.24, 2.45) is 5.73 Å². The fourth-order valence-corrected chi connectivity index (χ4v) is 0.568. The van der Waals surface area contributed by atoms with Crippen LogP contribution < -0.4 is 11.1 Å². The smallest absolute Gasteiger partial charge is 0.325 e. The third-order valence-corrected chi connectivity index (χ3v) is 1.51. The van der Waals surface area contributed by atoms with E-state index in [1.807, 2.05) is 0 Å². The molecule has 4 N–H and O–H groups in total. The molecule has 0 aromatic carbocycles. The summed E-state index contributed by atoms with van der Waals surface area (Å²) >= 11 is 0. The number of carboxylic acids is 1. The number of aliphatic carboxylic acids is 1. The lowest BCUT2D eigenvalue weighted by atomic mass is 10.2. The van der Waals surface area contributed by atoms with Gasteiger partial charge in [0.1, 0.15) is 6.04 Å². The average Bonchev–Trinajstić information content (AvgIpc) is 2.02. The molecule has 70 valence electrons. The van der Waals surface area contributed by atoms with Gasteiger partial charge in [0.25, 0.3) is 0 Å². The first-order valence-electron chi connectivity index (χ1n) is 3.77. The van der Waals surface area contributed by atoms with Crippen LogP contribution in [0, 0.1) is 0 Å². The fraction of sp³-hybridized carbons (Fsp3) is 0.714. The van der Waals surface area contributed by atoms with Gasteiger partial charge in [-0.25, -0.2) is 0 Å². The van der Waals surface area contributed by atoms with Crippen LogP contribution in [-0.2, 0) is 9.59 Å². The van der Waals surface area contributed by atoms with E-state index < -0.39 is 24.0 Å². The summed E-state index contributed by atoms with van der Waals surface area (Å²) < 4.78 is 0. The molecule has 1 amide bonds. The summed E-state index contributed by atoms with van der Waals surface area (Å²) in [5.41, 5.74) is 5.36. The van der Waals surface area contributed by atoms with Crippen molar-refractivity contribution in [1.82, 2.24) is 5.32 Å². The monoisotopic (exact) mass is 174 g/mol. The number of carboxylic acid groups (broad SMARTS) is 1. The Kier molecular flexibility index (Phi) is 4.28. The van der Waals surface area contributed by atoms with Gasteiger partial charge >= 0.3 is 5.97 Å². The van der Waals surface area contributed by atoms with E-state index in [1.165, 1.54) is 6.92 Å². The van der Waals surface area contributed by atoms with Crippen molar-refractivity contribution < 1.29 is 14.7 Å². The maximum absolute atomic E-state index is 11.0. The Morgan fingerprint density at radius 2 is 2.08 bits per heavy atom. The first-order chi connectivity index (χ1) is 5.49. The number of rotatable bonds is 4. The first-order valence-corrected chi connectivity index (χ1v) is 3.77. The fourth-order valence-electron chi connectivity index (χ4n) is 0.568. The number of hydrogen-bond donors (Lipinski definition) is 3. The third-order valence-electron chi connectivity index (χ3n) is 1.51. The molecule has 0 saturated heterocycles. The molecule has 12 heavy (non-hydrogen) atoms. The quantitative estimate of drug-likeness (QED) is 0.526. The van der Waals surface area contributed by atoms with Gasteiger partial charge in [-0.3, -0.25) is 9.59 Å². The Bertz CT molecular complexity index is 181. The van der Waals surface area contributed by atoms with Gasteiger partial charge in [-0.2, -0.15) is 0 Å². The second-order valence-corrected chi connectivity index (χ2v) is 2.58. The van der Waals surface area contributed by atoms with Crippen LogP contribution in [-0.4, -0.2) is 29.1 Å². The molecule has 0 aliphatic heterocycles. The Balaban J connectivity index is 3.92. The molecule has 0 heterocycles. The van der Waals surface area contributed by atoms with E-state index in [0.717, 1.165) is 0 Å². The average molecular weight is 174 g/mol. The lowest BCUT2D eigenvalue weighted by Crippen LogP contribution is -2.46. The maximum atomic E-state index is 11.0. The number of hydrogen-bond acceptors (Lipinski definition) is 3. The summed E-state index contributed by atoms with van der Waals surface area (Å²) in [6, 6.07) is -1.50. The molecule has 5 nitrogen and oxygen atoms in total. The predicted molar refractivity (Wildman–Crippen MR) is 43.5 cm³/mol. The number of carbonyl (C=O) groups is 2. The van der Waals surface area contributed by atoms with Crippen molar-refractivity contribution in [3.8, 4) is 0 Å². The van der Waals surface area contributed by atoms with Crippen LogP contribution in [0.3, 0.4) is 0 Å². The van der Waals surface area contributed by atoms with E-state index in [1.54, 1.807) is 6.92 Å². The molecule has 0 spiro atoms. The lowest BCUT2D eigenvalue weighted by molar-refractivity contribution is -0.141. The summed E-state index contributed by atoms with van der Waals surface area (Å²) in [6.07, 6.45) is 0.498. The van der Waals surface area contributed by atoms with Crippen molar-refractivity contribution in [3.63, 3.8) is 0 Å². The SMILES string of the molecule is CC[C@H](N)C(=O)NC(C)C(=O)O. The molecule has 0 radical (unpaired) electrons. The third kappa shape index (κ3) is 3.34. The first kappa shape index (κ1) is 10.9. The van der Waals surface area contributed by atoms with Crippen LogP contribution in [0.4, 0.5) is 0 Å². The predicted octanol–water partition coefficient (Wildman–Crippen LogP) is -0.687. The van der Waals surface area contributed by atoms with Gasteiger partial charge in [0, 0.05) is 0 Å². The minimum absolute atomic E-state index is 0.424. The van der Waals surface area contributed by atoms with Gasteiger partial charge in [0.2, 0.25) is 5.91 Å². The Morgan fingerprint density at radius 1 is 1.58 bits per heavy atom. The van der Waals surface area contributed by atoms with Crippen LogP contribution in [0.15, 0.2) is 0 Å². The Hall–Kier alpha value is -1.10. The summed E-state index contributed by atoms with van der Waals surface area (Å²) in [6.45, 7) is 3.15. The van der Waals surface area contributed by atoms with Crippen molar-refractivity contribution in [3.05, 3.63) is 0 Å².